The molecule has 8 heteroatoms. The summed E-state index contributed by atoms with van der Waals surface area (Å²) in [7, 11) is -3.72. The Hall–Kier alpha value is -2.60. The van der Waals surface area contributed by atoms with Gasteiger partial charge in [-0.1, -0.05) is 0 Å². The van der Waals surface area contributed by atoms with Crippen LogP contribution in [0.3, 0.4) is 0 Å². The van der Waals surface area contributed by atoms with Gasteiger partial charge in [-0.05, 0) is 54.4 Å². The molecular formula is C18H19N3O4S. The van der Waals surface area contributed by atoms with Crippen molar-refractivity contribution in [2.45, 2.75) is 17.4 Å². The molecule has 2 aromatic rings. The van der Waals surface area contributed by atoms with Gasteiger partial charge >= 0.3 is 0 Å². The average molecular weight is 373 g/mol. The van der Waals surface area contributed by atoms with Crippen molar-refractivity contribution in [3.63, 3.8) is 0 Å². The third-order valence-corrected chi connectivity index (χ3v) is 5.14. The van der Waals surface area contributed by atoms with Crippen molar-refractivity contribution >= 4 is 15.7 Å². The topological polar surface area (TPSA) is 117 Å². The van der Waals surface area contributed by atoms with Gasteiger partial charge in [-0.2, -0.15) is 5.26 Å². The van der Waals surface area contributed by atoms with Crippen LogP contribution in [0.1, 0.15) is 11.1 Å². The van der Waals surface area contributed by atoms with Crippen molar-refractivity contribution in [3.05, 3.63) is 53.6 Å². The van der Waals surface area contributed by atoms with E-state index in [0.29, 0.717) is 30.8 Å². The van der Waals surface area contributed by atoms with Gasteiger partial charge in [0.25, 0.3) is 0 Å². The standard InChI is InChI=1S/C18H19N3O4S/c19-10-13-1-3-16(4-2-13)25-12-15(22)11-21-8-7-14-9-17(26(20,23)24)5-6-18(14)21/h1-6,9,15,22H,7-8,11-12H2,(H2,20,23,24). The predicted molar refractivity (Wildman–Crippen MR) is 96.4 cm³/mol. The highest BCUT2D eigenvalue weighted by atomic mass is 32.2. The van der Waals surface area contributed by atoms with E-state index in [1.807, 2.05) is 11.0 Å². The smallest absolute Gasteiger partial charge is 0.238 e. The molecule has 3 rings (SSSR count). The molecule has 3 N–H and O–H groups in total. The summed E-state index contributed by atoms with van der Waals surface area (Å²) in [5.41, 5.74) is 2.34. The Morgan fingerprint density at radius 1 is 1.27 bits per heavy atom. The number of nitrogens with zero attached hydrogens (tertiary/aromatic N) is 2. The van der Waals surface area contributed by atoms with Crippen LogP contribution >= 0.6 is 0 Å². The molecule has 1 heterocycles. The molecule has 0 aliphatic carbocycles. The van der Waals surface area contributed by atoms with E-state index < -0.39 is 16.1 Å². The normalized spacial score (nSPS) is 14.6. The van der Waals surface area contributed by atoms with Crippen molar-refractivity contribution in [3.8, 4) is 11.8 Å². The van der Waals surface area contributed by atoms with Crippen LogP contribution in [0.2, 0.25) is 0 Å². The van der Waals surface area contributed by atoms with Crippen LogP contribution in [-0.2, 0) is 16.4 Å². The van der Waals surface area contributed by atoms with Gasteiger partial charge in [-0.3, -0.25) is 0 Å². The maximum atomic E-state index is 11.4. The summed E-state index contributed by atoms with van der Waals surface area (Å²) in [6.45, 7) is 1.18. The van der Waals surface area contributed by atoms with Crippen molar-refractivity contribution in [2.24, 2.45) is 5.14 Å². The molecule has 1 unspecified atom stereocenters. The predicted octanol–water partition coefficient (Wildman–Crippen LogP) is 1.01. The first-order valence-electron chi connectivity index (χ1n) is 8.08. The Morgan fingerprint density at radius 2 is 2.00 bits per heavy atom. The molecular weight excluding hydrogens is 354 g/mol. The molecule has 26 heavy (non-hydrogen) atoms. The summed E-state index contributed by atoms with van der Waals surface area (Å²) >= 11 is 0. The number of aliphatic hydroxyl groups excluding tert-OH is 1. The Bertz CT molecular complexity index is 936. The fourth-order valence-electron chi connectivity index (χ4n) is 2.94. The Morgan fingerprint density at radius 3 is 2.65 bits per heavy atom. The van der Waals surface area contributed by atoms with E-state index in [2.05, 4.69) is 0 Å². The fourth-order valence-corrected chi connectivity index (χ4v) is 3.50. The third-order valence-electron chi connectivity index (χ3n) is 4.23. The number of aliphatic hydroxyl groups is 1. The number of hydrogen-bond donors (Lipinski definition) is 2. The van der Waals surface area contributed by atoms with E-state index in [4.69, 9.17) is 15.1 Å². The second kappa shape index (κ2) is 7.33. The van der Waals surface area contributed by atoms with Gasteiger partial charge in [0, 0.05) is 18.8 Å². The monoisotopic (exact) mass is 373 g/mol. The lowest BCUT2D eigenvalue weighted by atomic mass is 10.2. The quantitative estimate of drug-likeness (QED) is 0.780. The van der Waals surface area contributed by atoms with Gasteiger partial charge in [0.1, 0.15) is 18.5 Å². The van der Waals surface area contributed by atoms with Gasteiger partial charge in [0.15, 0.2) is 0 Å². The highest BCUT2D eigenvalue weighted by Gasteiger charge is 2.23. The molecule has 0 bridgehead atoms. The molecule has 0 amide bonds. The van der Waals surface area contributed by atoms with Crippen LogP contribution in [0.25, 0.3) is 0 Å². The summed E-state index contributed by atoms with van der Waals surface area (Å²) in [6, 6.07) is 13.5. The largest absolute Gasteiger partial charge is 0.491 e. The molecule has 7 nitrogen and oxygen atoms in total. The maximum absolute atomic E-state index is 11.4. The zero-order valence-electron chi connectivity index (χ0n) is 14.0. The van der Waals surface area contributed by atoms with Crippen molar-refractivity contribution in [2.75, 3.05) is 24.6 Å². The van der Waals surface area contributed by atoms with Crippen molar-refractivity contribution in [1.82, 2.24) is 0 Å². The third kappa shape index (κ3) is 4.14. The number of nitriles is 1. The minimum Gasteiger partial charge on any atom is -0.491 e. The molecule has 0 spiro atoms. The number of primary sulfonamides is 1. The van der Waals surface area contributed by atoms with Gasteiger partial charge in [0.05, 0.1) is 16.5 Å². The Labute approximate surface area is 152 Å². The molecule has 0 aromatic heterocycles. The van der Waals surface area contributed by atoms with E-state index in [-0.39, 0.29) is 11.5 Å². The molecule has 0 radical (unpaired) electrons. The molecule has 0 fully saturated rings. The molecule has 1 atom stereocenters. The fraction of sp³-hybridized carbons (Fsp3) is 0.278. The van der Waals surface area contributed by atoms with Crippen LogP contribution in [0.15, 0.2) is 47.4 Å². The minimum atomic E-state index is -3.72. The number of anilines is 1. The highest BCUT2D eigenvalue weighted by Crippen LogP contribution is 2.30. The number of benzene rings is 2. The number of nitrogens with two attached hydrogens (primary N) is 1. The van der Waals surface area contributed by atoms with E-state index in [0.717, 1.165) is 11.3 Å². The average Bonchev–Trinajstić information content (AvgIpc) is 3.02. The van der Waals surface area contributed by atoms with E-state index >= 15 is 0 Å². The van der Waals surface area contributed by atoms with Crippen LogP contribution in [-0.4, -0.2) is 39.3 Å². The first-order valence-corrected chi connectivity index (χ1v) is 9.63. The van der Waals surface area contributed by atoms with Crippen molar-refractivity contribution < 1.29 is 18.3 Å². The lowest BCUT2D eigenvalue weighted by Crippen LogP contribution is -2.34. The zero-order valence-corrected chi connectivity index (χ0v) is 14.8. The molecule has 1 aliphatic rings. The van der Waals surface area contributed by atoms with Crippen LogP contribution in [0.4, 0.5) is 5.69 Å². The first-order chi connectivity index (χ1) is 12.4. The summed E-state index contributed by atoms with van der Waals surface area (Å²) in [6.07, 6.45) is -0.0171. The summed E-state index contributed by atoms with van der Waals surface area (Å²) in [5, 5.41) is 24.2. The Kier molecular flexibility index (Phi) is 5.13. The summed E-state index contributed by atoms with van der Waals surface area (Å²) in [5.74, 6) is 0.586. The van der Waals surface area contributed by atoms with Gasteiger partial charge < -0.3 is 14.7 Å². The number of fused-ring (bicyclic) bond motifs is 1. The van der Waals surface area contributed by atoms with E-state index in [1.165, 1.54) is 6.07 Å². The lowest BCUT2D eigenvalue weighted by molar-refractivity contribution is 0.112. The summed E-state index contributed by atoms with van der Waals surface area (Å²) in [4.78, 5) is 2.09. The van der Waals surface area contributed by atoms with E-state index in [9.17, 15) is 13.5 Å². The number of rotatable bonds is 6. The second-order valence-electron chi connectivity index (χ2n) is 6.13. The van der Waals surface area contributed by atoms with Crippen molar-refractivity contribution in [1.29, 1.82) is 5.26 Å². The van der Waals surface area contributed by atoms with Gasteiger partial charge in [-0.25, -0.2) is 13.6 Å². The number of β-amino-alcohol motifs (C(OH)–C–C–N with tert-alkyl or cyclic N) is 1. The molecule has 0 saturated carbocycles. The van der Waals surface area contributed by atoms with Crippen LogP contribution in [0.5, 0.6) is 5.75 Å². The molecule has 2 aromatic carbocycles. The molecule has 1 aliphatic heterocycles. The van der Waals surface area contributed by atoms with Gasteiger partial charge in [0.2, 0.25) is 10.0 Å². The Balaban J connectivity index is 1.59. The number of sulfonamides is 1. The van der Waals surface area contributed by atoms with Gasteiger partial charge in [-0.15, -0.1) is 0 Å². The highest BCUT2D eigenvalue weighted by molar-refractivity contribution is 7.89. The number of hydrogen-bond acceptors (Lipinski definition) is 6. The molecule has 136 valence electrons. The number of ether oxygens (including phenoxy) is 1. The second-order valence-corrected chi connectivity index (χ2v) is 7.69. The van der Waals surface area contributed by atoms with Crippen LogP contribution < -0.4 is 14.8 Å². The first kappa shape index (κ1) is 18.2. The van der Waals surface area contributed by atoms with Crippen LogP contribution in [0, 0.1) is 11.3 Å². The SMILES string of the molecule is N#Cc1ccc(OCC(O)CN2CCc3cc(S(N)(=O)=O)ccc32)cc1. The minimum absolute atomic E-state index is 0.0998. The lowest BCUT2D eigenvalue weighted by Gasteiger charge is -2.23. The maximum Gasteiger partial charge on any atom is 0.238 e. The zero-order chi connectivity index (χ0) is 18.7. The van der Waals surface area contributed by atoms with E-state index in [1.54, 1.807) is 36.4 Å². The summed E-state index contributed by atoms with van der Waals surface area (Å²) < 4.78 is 28.4. The molecule has 0 saturated heterocycles.